The highest BCUT2D eigenvalue weighted by Gasteiger charge is 2.27. The monoisotopic (exact) mass is 587 g/mol. The third-order valence-corrected chi connectivity index (χ3v) is 6.62. The molecule has 12 nitrogen and oxygen atoms in total. The maximum absolute atomic E-state index is 13.0. The minimum atomic E-state index is -1.17. The van der Waals surface area contributed by atoms with E-state index in [1.54, 1.807) is 61.7 Å². The molecule has 4 amide bonds. The van der Waals surface area contributed by atoms with E-state index in [9.17, 15) is 29.1 Å². The SMILES string of the molecule is COc1ccc(C[C@H](N)C(=O)NCC(=O)NCC(=O)N[C@@H](Cc2ccccc2)C(=O)N[C@@H](CCSC)C(=O)O)cc1. The number of nitrogens with two attached hydrogens (primary N) is 1. The van der Waals surface area contributed by atoms with Gasteiger partial charge in [-0.1, -0.05) is 42.5 Å². The first-order chi connectivity index (χ1) is 19.6. The van der Waals surface area contributed by atoms with Gasteiger partial charge in [-0.3, -0.25) is 19.2 Å². The summed E-state index contributed by atoms with van der Waals surface area (Å²) >= 11 is 1.45. The van der Waals surface area contributed by atoms with Gasteiger partial charge < -0.3 is 36.8 Å². The van der Waals surface area contributed by atoms with Gasteiger partial charge in [0.05, 0.1) is 26.2 Å². The van der Waals surface area contributed by atoms with E-state index in [4.69, 9.17) is 10.5 Å². The van der Waals surface area contributed by atoms with E-state index in [2.05, 4.69) is 21.3 Å². The summed E-state index contributed by atoms with van der Waals surface area (Å²) in [6.45, 7) is -0.855. The fraction of sp³-hybridized carbons (Fsp3) is 0.393. The summed E-state index contributed by atoms with van der Waals surface area (Å²) in [6.07, 6.45) is 2.42. The highest BCUT2D eigenvalue weighted by molar-refractivity contribution is 7.98. The molecule has 0 saturated carbocycles. The Morgan fingerprint density at radius 1 is 0.829 bits per heavy atom. The number of carbonyl (C=O) groups is 5. The molecule has 0 saturated heterocycles. The van der Waals surface area contributed by atoms with Gasteiger partial charge in [-0.15, -0.1) is 0 Å². The predicted molar refractivity (Wildman–Crippen MR) is 155 cm³/mol. The molecule has 2 aromatic rings. The number of rotatable bonds is 17. The molecule has 2 rings (SSSR count). The van der Waals surface area contributed by atoms with Gasteiger partial charge in [0, 0.05) is 6.42 Å². The highest BCUT2D eigenvalue weighted by Crippen LogP contribution is 2.12. The zero-order chi connectivity index (χ0) is 30.2. The zero-order valence-corrected chi connectivity index (χ0v) is 23.9. The molecule has 2 aromatic carbocycles. The lowest BCUT2D eigenvalue weighted by Crippen LogP contribution is -2.54. The highest BCUT2D eigenvalue weighted by atomic mass is 32.2. The largest absolute Gasteiger partial charge is 0.497 e. The normalized spacial score (nSPS) is 12.8. The van der Waals surface area contributed by atoms with Crippen LogP contribution in [0.25, 0.3) is 0 Å². The molecule has 0 fully saturated rings. The van der Waals surface area contributed by atoms with Gasteiger partial charge in [-0.05, 0) is 48.1 Å². The summed E-state index contributed by atoms with van der Waals surface area (Å²) in [5, 5.41) is 19.3. The second-order valence-electron chi connectivity index (χ2n) is 9.14. The van der Waals surface area contributed by atoms with Gasteiger partial charge >= 0.3 is 5.97 Å². The topological polar surface area (TPSA) is 189 Å². The van der Waals surface area contributed by atoms with E-state index in [1.807, 2.05) is 6.26 Å². The van der Waals surface area contributed by atoms with Crippen LogP contribution in [0.1, 0.15) is 17.5 Å². The third kappa shape index (κ3) is 12.3. The molecular formula is C28H37N5O7S. The molecule has 0 aliphatic carbocycles. The smallest absolute Gasteiger partial charge is 0.326 e. The van der Waals surface area contributed by atoms with Gasteiger partial charge in [0.1, 0.15) is 17.8 Å². The van der Waals surface area contributed by atoms with Crippen molar-refractivity contribution in [2.24, 2.45) is 5.73 Å². The van der Waals surface area contributed by atoms with Crippen molar-refractivity contribution in [3.05, 3.63) is 65.7 Å². The van der Waals surface area contributed by atoms with Crippen LogP contribution in [0.5, 0.6) is 5.75 Å². The molecular weight excluding hydrogens is 550 g/mol. The Morgan fingerprint density at radius 3 is 2.07 bits per heavy atom. The molecule has 0 bridgehead atoms. The number of aliphatic carboxylic acids is 1. The molecule has 0 unspecified atom stereocenters. The van der Waals surface area contributed by atoms with Gasteiger partial charge in [0.2, 0.25) is 23.6 Å². The van der Waals surface area contributed by atoms with Gasteiger partial charge in [-0.2, -0.15) is 11.8 Å². The quantitative estimate of drug-likeness (QED) is 0.146. The minimum Gasteiger partial charge on any atom is -0.497 e. The standard InChI is InChI=1S/C28H37N5O7S/c1-40-20-10-8-19(9-11-20)14-21(29)26(36)31-16-24(34)30-17-25(35)32-23(15-18-6-4-3-5-7-18)27(37)33-22(28(38)39)12-13-41-2/h3-11,21-23H,12-17,29H2,1-2H3,(H,30,34)(H,31,36)(H,32,35)(H,33,37)(H,38,39)/t21-,22-,23-/m0/s1. The summed E-state index contributed by atoms with van der Waals surface area (Å²) in [6, 6.07) is 12.9. The van der Waals surface area contributed by atoms with Gasteiger partial charge in [0.15, 0.2) is 0 Å². The lowest BCUT2D eigenvalue weighted by atomic mass is 10.0. The Balaban J connectivity index is 1.87. The molecule has 0 aromatic heterocycles. The van der Waals surface area contributed by atoms with Crippen LogP contribution in [0.4, 0.5) is 0 Å². The molecule has 0 spiro atoms. The number of benzene rings is 2. The van der Waals surface area contributed by atoms with Crippen molar-refractivity contribution in [3.63, 3.8) is 0 Å². The summed E-state index contributed by atoms with van der Waals surface area (Å²) in [7, 11) is 1.55. The molecule has 41 heavy (non-hydrogen) atoms. The Kier molecular flexibility index (Phi) is 14.2. The minimum absolute atomic E-state index is 0.114. The molecule has 0 aliphatic rings. The number of carboxylic acids is 1. The molecule has 0 radical (unpaired) electrons. The van der Waals surface area contributed by atoms with E-state index < -0.39 is 60.8 Å². The maximum Gasteiger partial charge on any atom is 0.326 e. The number of ether oxygens (including phenoxy) is 1. The summed E-state index contributed by atoms with van der Waals surface area (Å²) in [5.74, 6) is -2.44. The van der Waals surface area contributed by atoms with Crippen molar-refractivity contribution < 1.29 is 33.8 Å². The van der Waals surface area contributed by atoms with Crippen LogP contribution in [0.2, 0.25) is 0 Å². The summed E-state index contributed by atoms with van der Waals surface area (Å²) < 4.78 is 5.10. The first-order valence-corrected chi connectivity index (χ1v) is 14.3. The van der Waals surface area contributed by atoms with Gasteiger partial charge in [0.25, 0.3) is 0 Å². The predicted octanol–water partition coefficient (Wildman–Crippen LogP) is -0.153. The third-order valence-electron chi connectivity index (χ3n) is 5.98. The first-order valence-electron chi connectivity index (χ1n) is 12.9. The Hall–Kier alpha value is -4.10. The summed E-state index contributed by atoms with van der Waals surface area (Å²) in [4.78, 5) is 61.7. The number of carbonyl (C=O) groups excluding carboxylic acids is 4. The number of nitrogens with one attached hydrogen (secondary N) is 4. The second-order valence-corrected chi connectivity index (χ2v) is 10.1. The van der Waals surface area contributed by atoms with E-state index in [-0.39, 0.29) is 19.3 Å². The number of thioether (sulfide) groups is 1. The van der Waals surface area contributed by atoms with Gasteiger partial charge in [-0.25, -0.2) is 4.79 Å². The molecule has 222 valence electrons. The molecule has 0 heterocycles. The first kappa shape index (κ1) is 33.1. The molecule has 13 heteroatoms. The number of amides is 4. The van der Waals surface area contributed by atoms with E-state index in [0.29, 0.717) is 11.5 Å². The Bertz CT molecular complexity index is 1160. The average Bonchev–Trinajstić information content (AvgIpc) is 2.97. The van der Waals surface area contributed by atoms with Crippen LogP contribution in [-0.4, -0.2) is 85.0 Å². The van der Waals surface area contributed by atoms with Crippen molar-refractivity contribution in [1.82, 2.24) is 21.3 Å². The maximum atomic E-state index is 13.0. The Morgan fingerprint density at radius 2 is 1.46 bits per heavy atom. The lowest BCUT2D eigenvalue weighted by Gasteiger charge is -2.22. The average molecular weight is 588 g/mol. The number of hydrogen-bond acceptors (Lipinski definition) is 8. The van der Waals surface area contributed by atoms with Crippen LogP contribution >= 0.6 is 11.8 Å². The van der Waals surface area contributed by atoms with E-state index in [1.165, 1.54) is 11.8 Å². The van der Waals surface area contributed by atoms with Crippen molar-refractivity contribution in [2.45, 2.75) is 37.4 Å². The van der Waals surface area contributed by atoms with E-state index in [0.717, 1.165) is 11.1 Å². The van der Waals surface area contributed by atoms with Crippen LogP contribution in [0.3, 0.4) is 0 Å². The van der Waals surface area contributed by atoms with Crippen LogP contribution in [0.15, 0.2) is 54.6 Å². The fourth-order valence-electron chi connectivity index (χ4n) is 3.72. The second kappa shape index (κ2) is 17.6. The van der Waals surface area contributed by atoms with Crippen LogP contribution in [0, 0.1) is 0 Å². The molecule has 3 atom stereocenters. The molecule has 0 aliphatic heterocycles. The van der Waals surface area contributed by atoms with E-state index >= 15 is 0 Å². The van der Waals surface area contributed by atoms with Crippen molar-refractivity contribution in [1.29, 1.82) is 0 Å². The van der Waals surface area contributed by atoms with Crippen molar-refractivity contribution >= 4 is 41.4 Å². The fourth-order valence-corrected chi connectivity index (χ4v) is 4.19. The van der Waals surface area contributed by atoms with Crippen LogP contribution in [-0.2, 0) is 36.8 Å². The van der Waals surface area contributed by atoms with Crippen molar-refractivity contribution in [3.8, 4) is 5.75 Å². The van der Waals surface area contributed by atoms with Crippen molar-refractivity contribution in [2.75, 3.05) is 32.2 Å². The number of methoxy groups -OCH3 is 1. The molecule has 7 N–H and O–H groups in total. The number of hydrogen-bond donors (Lipinski definition) is 6. The number of carboxylic acid groups (broad SMARTS) is 1. The Labute approximate surface area is 243 Å². The summed E-state index contributed by atoms with van der Waals surface area (Å²) in [5.41, 5.74) is 7.51. The zero-order valence-electron chi connectivity index (χ0n) is 23.1. The lowest BCUT2D eigenvalue weighted by molar-refractivity contribution is -0.142. The van der Waals surface area contributed by atoms with Crippen LogP contribution < -0.4 is 31.7 Å².